The molecular weight excluding hydrogens is 478 g/mol. The lowest BCUT2D eigenvalue weighted by molar-refractivity contribution is -0.118. The summed E-state index contributed by atoms with van der Waals surface area (Å²) in [7, 11) is 0. The fourth-order valence-electron chi connectivity index (χ4n) is 4.55. The zero-order valence-electron chi connectivity index (χ0n) is 21.2. The van der Waals surface area contributed by atoms with Crippen LogP contribution in [0.15, 0.2) is 54.6 Å². The average molecular weight is 510 g/mol. The van der Waals surface area contributed by atoms with Gasteiger partial charge in [0.1, 0.15) is 0 Å². The first-order valence-corrected chi connectivity index (χ1v) is 12.8. The summed E-state index contributed by atoms with van der Waals surface area (Å²) in [6.07, 6.45) is 0.246. The average Bonchev–Trinajstić information content (AvgIpc) is 2.86. The molecule has 0 saturated carbocycles. The SMILES string of the molecule is CCOc1ccc([C@@H]2c3cc(OCC)c(OCC)cc3CC(=O)N2c2ccc(Cl)cc2)cc1OCC. The summed E-state index contributed by atoms with van der Waals surface area (Å²) >= 11 is 6.16. The van der Waals surface area contributed by atoms with Gasteiger partial charge in [0.2, 0.25) is 5.91 Å². The van der Waals surface area contributed by atoms with Crippen molar-refractivity contribution in [3.8, 4) is 23.0 Å². The molecule has 1 atom stereocenters. The molecule has 0 saturated heterocycles. The molecule has 3 aromatic rings. The van der Waals surface area contributed by atoms with Crippen LogP contribution in [0.1, 0.15) is 50.4 Å². The smallest absolute Gasteiger partial charge is 0.232 e. The van der Waals surface area contributed by atoms with Gasteiger partial charge < -0.3 is 23.8 Å². The van der Waals surface area contributed by atoms with E-state index in [1.165, 1.54) is 0 Å². The summed E-state index contributed by atoms with van der Waals surface area (Å²) in [5.74, 6) is 2.60. The maximum absolute atomic E-state index is 13.7. The number of hydrogen-bond acceptors (Lipinski definition) is 5. The highest BCUT2D eigenvalue weighted by Crippen LogP contribution is 2.45. The molecule has 0 N–H and O–H groups in total. The third-order valence-electron chi connectivity index (χ3n) is 5.96. The van der Waals surface area contributed by atoms with Gasteiger partial charge in [-0.1, -0.05) is 17.7 Å². The van der Waals surface area contributed by atoms with Crippen LogP contribution in [0.5, 0.6) is 23.0 Å². The highest BCUT2D eigenvalue weighted by Gasteiger charge is 2.36. The van der Waals surface area contributed by atoms with E-state index in [0.717, 1.165) is 22.4 Å². The second-order valence-electron chi connectivity index (χ2n) is 8.26. The number of carbonyl (C=O) groups is 1. The van der Waals surface area contributed by atoms with Crippen molar-refractivity contribution in [2.75, 3.05) is 31.3 Å². The Kier molecular flexibility index (Phi) is 8.26. The molecule has 0 spiro atoms. The molecule has 6 nitrogen and oxygen atoms in total. The van der Waals surface area contributed by atoms with Crippen molar-refractivity contribution in [1.82, 2.24) is 0 Å². The number of amides is 1. The maximum atomic E-state index is 13.7. The molecule has 1 heterocycles. The largest absolute Gasteiger partial charge is 0.490 e. The van der Waals surface area contributed by atoms with Gasteiger partial charge in [-0.3, -0.25) is 4.79 Å². The number of fused-ring (bicyclic) bond motifs is 1. The second kappa shape index (κ2) is 11.6. The molecule has 1 aliphatic heterocycles. The van der Waals surface area contributed by atoms with E-state index in [1.807, 2.05) is 75.1 Å². The van der Waals surface area contributed by atoms with Crippen LogP contribution >= 0.6 is 11.6 Å². The molecule has 190 valence electrons. The quantitative estimate of drug-likeness (QED) is 0.307. The van der Waals surface area contributed by atoms with E-state index in [0.29, 0.717) is 54.4 Å². The molecule has 0 bridgehead atoms. The number of anilines is 1. The number of nitrogens with zero attached hydrogens (tertiary/aromatic N) is 1. The van der Waals surface area contributed by atoms with Crippen molar-refractivity contribution >= 4 is 23.2 Å². The van der Waals surface area contributed by atoms with Gasteiger partial charge in [-0.15, -0.1) is 0 Å². The van der Waals surface area contributed by atoms with Gasteiger partial charge in [0.25, 0.3) is 0 Å². The molecule has 0 aliphatic carbocycles. The van der Waals surface area contributed by atoms with Crippen molar-refractivity contribution < 1.29 is 23.7 Å². The summed E-state index contributed by atoms with van der Waals surface area (Å²) in [4.78, 5) is 15.5. The number of carbonyl (C=O) groups excluding carboxylic acids is 1. The topological polar surface area (TPSA) is 57.2 Å². The molecule has 3 aromatic carbocycles. The van der Waals surface area contributed by atoms with Gasteiger partial charge >= 0.3 is 0 Å². The van der Waals surface area contributed by atoms with Crippen molar-refractivity contribution in [2.24, 2.45) is 0 Å². The Balaban J connectivity index is 1.93. The highest BCUT2D eigenvalue weighted by atomic mass is 35.5. The van der Waals surface area contributed by atoms with Gasteiger partial charge in [0, 0.05) is 10.7 Å². The van der Waals surface area contributed by atoms with Crippen LogP contribution in [-0.2, 0) is 11.2 Å². The molecule has 0 radical (unpaired) electrons. The van der Waals surface area contributed by atoms with Crippen LogP contribution in [0, 0.1) is 0 Å². The van der Waals surface area contributed by atoms with Crippen LogP contribution < -0.4 is 23.8 Å². The monoisotopic (exact) mass is 509 g/mol. The lowest BCUT2D eigenvalue weighted by Gasteiger charge is -2.38. The molecule has 4 rings (SSSR count). The molecule has 1 amide bonds. The van der Waals surface area contributed by atoms with E-state index in [1.54, 1.807) is 12.1 Å². The molecule has 1 aliphatic rings. The Morgan fingerprint density at radius 2 is 1.31 bits per heavy atom. The van der Waals surface area contributed by atoms with E-state index in [4.69, 9.17) is 30.5 Å². The Bertz CT molecular complexity index is 1210. The van der Waals surface area contributed by atoms with Crippen molar-refractivity contribution in [3.63, 3.8) is 0 Å². The van der Waals surface area contributed by atoms with Crippen LogP contribution in [0.3, 0.4) is 0 Å². The zero-order valence-corrected chi connectivity index (χ0v) is 21.9. The van der Waals surface area contributed by atoms with Gasteiger partial charge in [0.15, 0.2) is 23.0 Å². The molecule has 7 heteroatoms. The lowest BCUT2D eigenvalue weighted by atomic mass is 9.86. The molecule has 36 heavy (non-hydrogen) atoms. The Morgan fingerprint density at radius 1 is 0.750 bits per heavy atom. The summed E-state index contributed by atoms with van der Waals surface area (Å²) in [6.45, 7) is 9.77. The standard InChI is InChI=1S/C29H32ClNO5/c1-5-33-24-14-9-19(15-25(24)34-6-2)29-23-18-27(36-8-4)26(35-7-3)16-20(23)17-28(32)31(29)22-12-10-21(30)11-13-22/h9-16,18,29H,5-8,17H2,1-4H3/t29-/m1/s1. The number of benzene rings is 3. The third-order valence-corrected chi connectivity index (χ3v) is 6.21. The Morgan fingerprint density at radius 3 is 1.92 bits per heavy atom. The first-order valence-electron chi connectivity index (χ1n) is 12.4. The minimum absolute atomic E-state index is 0.0201. The van der Waals surface area contributed by atoms with Crippen LogP contribution in [0.4, 0.5) is 5.69 Å². The van der Waals surface area contributed by atoms with Crippen LogP contribution in [0.25, 0.3) is 0 Å². The van der Waals surface area contributed by atoms with Gasteiger partial charge in [0.05, 0.1) is 38.9 Å². The fraction of sp³-hybridized carbons (Fsp3) is 0.345. The second-order valence-corrected chi connectivity index (χ2v) is 8.69. The number of rotatable bonds is 10. The predicted octanol–water partition coefficient (Wildman–Crippen LogP) is 6.61. The molecule has 0 fully saturated rings. The zero-order chi connectivity index (χ0) is 25.7. The van der Waals surface area contributed by atoms with E-state index in [9.17, 15) is 4.79 Å². The molecular formula is C29H32ClNO5. The van der Waals surface area contributed by atoms with Crippen LogP contribution in [-0.4, -0.2) is 32.3 Å². The summed E-state index contributed by atoms with van der Waals surface area (Å²) in [5.41, 5.74) is 3.55. The lowest BCUT2D eigenvalue weighted by Crippen LogP contribution is -2.41. The maximum Gasteiger partial charge on any atom is 0.232 e. The Hall–Kier alpha value is -3.38. The van der Waals surface area contributed by atoms with Crippen LogP contribution in [0.2, 0.25) is 5.02 Å². The number of hydrogen-bond donors (Lipinski definition) is 0. The molecule has 0 unspecified atom stereocenters. The predicted molar refractivity (Wildman–Crippen MR) is 142 cm³/mol. The summed E-state index contributed by atoms with van der Waals surface area (Å²) in [5, 5.41) is 0.611. The first-order chi connectivity index (χ1) is 17.5. The minimum Gasteiger partial charge on any atom is -0.490 e. The van der Waals surface area contributed by atoms with E-state index in [2.05, 4.69) is 0 Å². The van der Waals surface area contributed by atoms with E-state index in [-0.39, 0.29) is 12.3 Å². The van der Waals surface area contributed by atoms with Gasteiger partial charge in [-0.05, 0) is 92.9 Å². The fourth-order valence-corrected chi connectivity index (χ4v) is 4.68. The number of ether oxygens (including phenoxy) is 4. The summed E-state index contributed by atoms with van der Waals surface area (Å²) in [6, 6.07) is 16.7. The molecule has 0 aromatic heterocycles. The first kappa shape index (κ1) is 25.7. The third kappa shape index (κ3) is 5.24. The van der Waals surface area contributed by atoms with Gasteiger partial charge in [-0.2, -0.15) is 0 Å². The Labute approximate surface area is 217 Å². The summed E-state index contributed by atoms with van der Waals surface area (Å²) < 4.78 is 23.5. The minimum atomic E-state index is -0.410. The van der Waals surface area contributed by atoms with Gasteiger partial charge in [-0.25, -0.2) is 0 Å². The van der Waals surface area contributed by atoms with E-state index < -0.39 is 6.04 Å². The van der Waals surface area contributed by atoms with Crippen molar-refractivity contribution in [2.45, 2.75) is 40.2 Å². The highest BCUT2D eigenvalue weighted by molar-refractivity contribution is 6.30. The van der Waals surface area contributed by atoms with Crippen molar-refractivity contribution in [3.05, 3.63) is 76.3 Å². The van der Waals surface area contributed by atoms with Crippen molar-refractivity contribution in [1.29, 1.82) is 0 Å². The normalized spacial score (nSPS) is 14.9. The van der Waals surface area contributed by atoms with E-state index >= 15 is 0 Å². The number of halogens is 1.